The molecule has 0 unspecified atom stereocenters. The first-order chi connectivity index (χ1) is 32.3. The van der Waals surface area contributed by atoms with Gasteiger partial charge in [-0.2, -0.15) is 0 Å². The van der Waals surface area contributed by atoms with E-state index in [1.165, 1.54) is 9.91 Å². The number of cyclic esters (lactones) is 1. The number of methoxy groups -OCH3 is 1. The van der Waals surface area contributed by atoms with Gasteiger partial charge in [-0.1, -0.05) is 39.8 Å². The summed E-state index contributed by atoms with van der Waals surface area (Å²) in [7, 11) is 3.26. The summed E-state index contributed by atoms with van der Waals surface area (Å²) in [4.78, 5) is 79.2. The highest BCUT2D eigenvalue weighted by Gasteiger charge is 2.51. The number of phenolic OH excluding ortho intramolecular Hbond substituents is 1. The summed E-state index contributed by atoms with van der Waals surface area (Å²) in [6.07, 6.45) is 4.07. The number of hydrogen-bond donors (Lipinski definition) is 4. The minimum atomic E-state index is -1.18. The van der Waals surface area contributed by atoms with Gasteiger partial charge < -0.3 is 39.6 Å². The monoisotopic (exact) mass is 933 g/mol. The third-order valence-corrected chi connectivity index (χ3v) is 14.4. The van der Waals surface area contributed by atoms with Gasteiger partial charge in [0.25, 0.3) is 5.91 Å². The molecule has 0 aliphatic carbocycles. The Balaban J connectivity index is 1.20. The van der Waals surface area contributed by atoms with Crippen molar-refractivity contribution in [2.45, 2.75) is 129 Å². The zero-order chi connectivity index (χ0) is 48.8. The van der Waals surface area contributed by atoms with Crippen LogP contribution in [0.3, 0.4) is 0 Å². The number of aromatic nitrogens is 2. The zero-order valence-corrected chi connectivity index (χ0v) is 41.0. The molecule has 6 heterocycles. The first-order valence-corrected chi connectivity index (χ1v) is 24.2. The lowest BCUT2D eigenvalue weighted by atomic mass is 9.84. The van der Waals surface area contributed by atoms with Gasteiger partial charge in [0.1, 0.15) is 29.4 Å². The maximum atomic E-state index is 14.8. The second-order valence-corrected chi connectivity index (χ2v) is 20.5. The predicted octanol–water partition coefficient (Wildman–Crippen LogP) is 5.29. The molecule has 2 aromatic carbocycles. The Morgan fingerprint density at radius 1 is 1.04 bits per heavy atom. The minimum absolute atomic E-state index is 0.0131. The highest BCUT2D eigenvalue weighted by molar-refractivity contribution is 5.98. The Bertz CT molecular complexity index is 2600. The molecule has 3 saturated heterocycles. The first kappa shape index (κ1) is 48.6. The molecule has 6 bridgehead atoms. The van der Waals surface area contributed by atoms with Crippen molar-refractivity contribution in [1.29, 1.82) is 0 Å². The molecule has 4 amide bonds. The van der Waals surface area contributed by atoms with E-state index in [1.807, 2.05) is 39.0 Å². The fraction of sp³-hybridized carbons (Fsp3) is 0.538. The largest absolute Gasteiger partial charge is 0.508 e. The van der Waals surface area contributed by atoms with Gasteiger partial charge in [-0.15, -0.1) is 0 Å². The molecule has 4 N–H and O–H groups in total. The average Bonchev–Trinajstić information content (AvgIpc) is 4.03. The second-order valence-electron chi connectivity index (χ2n) is 20.5. The third-order valence-electron chi connectivity index (χ3n) is 14.4. The number of esters is 1. The molecular formula is C52H68N8O8. The van der Waals surface area contributed by atoms with Crippen molar-refractivity contribution in [3.8, 4) is 28.1 Å². The van der Waals surface area contributed by atoms with Crippen LogP contribution in [0.5, 0.6) is 5.75 Å². The number of carbonyl (C=O) groups excluding carboxylic acids is 5. The van der Waals surface area contributed by atoms with E-state index in [2.05, 4.69) is 59.6 Å². The number of amides is 4. The van der Waals surface area contributed by atoms with Crippen LogP contribution in [0.15, 0.2) is 54.7 Å². The zero-order valence-electron chi connectivity index (χ0n) is 41.0. The molecule has 4 aromatic rings. The van der Waals surface area contributed by atoms with E-state index < -0.39 is 46.9 Å². The van der Waals surface area contributed by atoms with E-state index in [0.717, 1.165) is 39.0 Å². The number of nitrogens with one attached hydrogen (secondary N) is 3. The quantitative estimate of drug-likeness (QED) is 0.119. The number of pyridine rings is 1. The number of nitrogens with zero attached hydrogens (tertiary/aromatic N) is 5. The van der Waals surface area contributed by atoms with Crippen molar-refractivity contribution in [3.05, 3.63) is 71.5 Å². The molecule has 364 valence electrons. The lowest BCUT2D eigenvalue weighted by Gasteiger charge is -2.41. The number of ether oxygens (including phenoxy) is 2. The second kappa shape index (κ2) is 19.3. The normalized spacial score (nSPS) is 23.8. The molecule has 0 radical (unpaired) electrons. The molecule has 3 fully saturated rings. The summed E-state index contributed by atoms with van der Waals surface area (Å²) >= 11 is 0. The van der Waals surface area contributed by atoms with Crippen LogP contribution < -0.4 is 16.1 Å². The van der Waals surface area contributed by atoms with Gasteiger partial charge in [0.05, 0.1) is 30.1 Å². The molecule has 4 aliphatic rings. The number of benzene rings is 2. The number of likely N-dealkylation sites (N-methyl/N-ethyl adjacent to an activating group) is 1. The van der Waals surface area contributed by atoms with E-state index in [9.17, 15) is 29.1 Å². The van der Waals surface area contributed by atoms with Crippen molar-refractivity contribution < 1.29 is 38.6 Å². The predicted molar refractivity (Wildman–Crippen MR) is 258 cm³/mol. The van der Waals surface area contributed by atoms with Crippen LogP contribution in [0.25, 0.3) is 33.3 Å². The smallest absolute Gasteiger partial charge is 0.324 e. The summed E-state index contributed by atoms with van der Waals surface area (Å²) < 4.78 is 14.2. The Morgan fingerprint density at radius 3 is 2.51 bits per heavy atom. The Hall–Kier alpha value is -5.84. The molecule has 16 nitrogen and oxygen atoms in total. The summed E-state index contributed by atoms with van der Waals surface area (Å²) in [6.45, 7) is 15.8. The van der Waals surface area contributed by atoms with Crippen molar-refractivity contribution in [1.82, 2.24) is 40.4 Å². The molecule has 6 atom stereocenters. The van der Waals surface area contributed by atoms with Crippen LogP contribution in [0, 0.1) is 11.3 Å². The van der Waals surface area contributed by atoms with Gasteiger partial charge >= 0.3 is 5.97 Å². The van der Waals surface area contributed by atoms with Gasteiger partial charge in [-0.25, -0.2) is 5.43 Å². The van der Waals surface area contributed by atoms with Gasteiger partial charge in [-0.05, 0) is 117 Å². The average molecular weight is 933 g/mol. The number of hydrazine groups is 1. The molecule has 0 saturated carbocycles. The number of rotatable bonds is 10. The molecule has 2 aromatic heterocycles. The SMILES string of the molecule is CCn1c(-c2cccnc2[C@H](C)OC)c2c3cc(ccc31)-c1cc(O)cc(c1)C[C@H](NC(=O)[C@H](C(C)C)N(C)C(=O)[C@]1(C)CCCN1C(=O)[C@H]1CN1)C(=O)N1CCC[C@H](N1)C(=O)OCC(C)(C)C2. The number of phenols is 1. The molecule has 68 heavy (non-hydrogen) atoms. The number of hydrogen-bond acceptors (Lipinski definition) is 11. The van der Waals surface area contributed by atoms with Crippen molar-refractivity contribution in [3.63, 3.8) is 0 Å². The number of aryl methyl sites for hydroxylation is 1. The molecular weight excluding hydrogens is 865 g/mol. The lowest BCUT2D eigenvalue weighted by Crippen LogP contribution is -2.64. The van der Waals surface area contributed by atoms with E-state index in [-0.39, 0.29) is 55.2 Å². The van der Waals surface area contributed by atoms with Crippen LogP contribution in [0.4, 0.5) is 0 Å². The number of likely N-dealkylation sites (tertiary alicyclic amines) is 1. The van der Waals surface area contributed by atoms with Crippen LogP contribution in [0.2, 0.25) is 0 Å². The lowest BCUT2D eigenvalue weighted by molar-refractivity contribution is -0.156. The van der Waals surface area contributed by atoms with Gasteiger partial charge in [0, 0.05) is 74.8 Å². The highest BCUT2D eigenvalue weighted by Crippen LogP contribution is 2.42. The minimum Gasteiger partial charge on any atom is -0.508 e. The van der Waals surface area contributed by atoms with Crippen LogP contribution >= 0.6 is 0 Å². The number of carbonyl (C=O) groups is 5. The van der Waals surface area contributed by atoms with Gasteiger partial charge in [0.2, 0.25) is 17.7 Å². The first-order valence-electron chi connectivity index (χ1n) is 24.2. The standard InChI is InChI=1S/C52H68N8O8/c1-10-58-42-17-16-33-26-37(42)38(45(58)36-14-11-19-53-43(36)31(4)67-9)27-51(5,6)29-68-49(65)39-15-12-21-60(56-39)48(64)40(24-32-22-34(33)25-35(61)23-32)55-46(62)44(30(2)3)57(8)50(66)52(7)18-13-20-59(52)47(63)41-28-54-41/h11,14,16-17,19,22-23,25-26,30-31,39-41,44,54,56,61H,10,12-13,15,18,20-21,24,27-29H2,1-9H3,(H,55,62)/t31-,39-,40-,41+,44-,52-/m0/s1. The van der Waals surface area contributed by atoms with Crippen LogP contribution in [0.1, 0.15) is 97.1 Å². The highest BCUT2D eigenvalue weighted by atomic mass is 16.5. The Labute approximate surface area is 399 Å². The summed E-state index contributed by atoms with van der Waals surface area (Å²) in [5.74, 6) is -2.36. The Morgan fingerprint density at radius 2 is 1.81 bits per heavy atom. The summed E-state index contributed by atoms with van der Waals surface area (Å²) in [6, 6.07) is 12.2. The fourth-order valence-electron chi connectivity index (χ4n) is 10.7. The van der Waals surface area contributed by atoms with E-state index in [0.29, 0.717) is 62.9 Å². The van der Waals surface area contributed by atoms with E-state index in [1.54, 1.807) is 44.3 Å². The van der Waals surface area contributed by atoms with Crippen molar-refractivity contribution in [2.75, 3.05) is 40.4 Å². The fourth-order valence-corrected chi connectivity index (χ4v) is 10.7. The maximum absolute atomic E-state index is 14.8. The number of aromatic hydroxyl groups is 1. The summed E-state index contributed by atoms with van der Waals surface area (Å²) in [5, 5.41) is 19.8. The Kier molecular flexibility index (Phi) is 13.8. The molecule has 8 rings (SSSR count). The molecule has 4 aliphatic heterocycles. The van der Waals surface area contributed by atoms with Crippen LogP contribution in [-0.4, -0.2) is 129 Å². The van der Waals surface area contributed by atoms with Crippen LogP contribution in [-0.2, 0) is 52.8 Å². The van der Waals surface area contributed by atoms with Crippen molar-refractivity contribution in [2.24, 2.45) is 11.3 Å². The van der Waals surface area contributed by atoms with Crippen molar-refractivity contribution >= 4 is 40.5 Å². The van der Waals surface area contributed by atoms with E-state index in [4.69, 9.17) is 14.5 Å². The molecule has 0 spiro atoms. The number of fused-ring (bicyclic) bond motifs is 6. The summed E-state index contributed by atoms with van der Waals surface area (Å²) in [5.41, 5.74) is 8.40. The maximum Gasteiger partial charge on any atom is 0.324 e. The van der Waals surface area contributed by atoms with E-state index >= 15 is 0 Å². The third kappa shape index (κ3) is 9.46. The molecule has 16 heteroatoms. The van der Waals surface area contributed by atoms with Gasteiger partial charge in [0.15, 0.2) is 0 Å². The topological polar surface area (TPSA) is 198 Å². The van der Waals surface area contributed by atoms with Gasteiger partial charge in [-0.3, -0.25) is 34.0 Å².